The zero-order valence-corrected chi connectivity index (χ0v) is 15.9. The minimum Gasteiger partial charge on any atom is -0.491 e. The standard InChI is InChI=1S/C23H25FN2O2/c24-18-10-11-19-20(16-18)22(28-15-7-14-26-12-5-2-6-13-26)21(25-23(19)27)17-8-3-1-4-9-17/h1,3-4,8-11,16H,2,5-7,12-15H2,(H,25,27). The summed E-state index contributed by atoms with van der Waals surface area (Å²) in [5.74, 6) is 0.161. The van der Waals surface area contributed by atoms with Crippen LogP contribution >= 0.6 is 0 Å². The number of rotatable bonds is 6. The van der Waals surface area contributed by atoms with E-state index in [2.05, 4.69) is 9.88 Å². The van der Waals surface area contributed by atoms with E-state index in [-0.39, 0.29) is 11.4 Å². The van der Waals surface area contributed by atoms with Crippen molar-refractivity contribution in [3.8, 4) is 17.0 Å². The Morgan fingerprint density at radius 2 is 1.79 bits per heavy atom. The molecule has 1 fully saturated rings. The third-order valence-corrected chi connectivity index (χ3v) is 5.31. The highest BCUT2D eigenvalue weighted by Gasteiger charge is 2.16. The number of hydrogen-bond donors (Lipinski definition) is 1. The molecule has 0 aliphatic carbocycles. The van der Waals surface area contributed by atoms with Gasteiger partial charge in [-0.1, -0.05) is 36.8 Å². The van der Waals surface area contributed by atoms with E-state index in [4.69, 9.17) is 4.74 Å². The van der Waals surface area contributed by atoms with Gasteiger partial charge in [0, 0.05) is 17.5 Å². The number of pyridine rings is 1. The maximum atomic E-state index is 13.9. The number of H-pyrrole nitrogens is 1. The van der Waals surface area contributed by atoms with Gasteiger partial charge in [0.2, 0.25) is 0 Å². The largest absolute Gasteiger partial charge is 0.491 e. The van der Waals surface area contributed by atoms with E-state index >= 15 is 0 Å². The Hall–Kier alpha value is -2.66. The van der Waals surface area contributed by atoms with Crippen LogP contribution in [0.1, 0.15) is 25.7 Å². The minimum absolute atomic E-state index is 0.241. The zero-order chi connectivity index (χ0) is 19.3. The summed E-state index contributed by atoms with van der Waals surface area (Å²) in [6, 6.07) is 13.8. The van der Waals surface area contributed by atoms with Crippen LogP contribution in [0.2, 0.25) is 0 Å². The first-order valence-electron chi connectivity index (χ1n) is 9.98. The van der Waals surface area contributed by atoms with Crippen molar-refractivity contribution < 1.29 is 9.13 Å². The second-order valence-electron chi connectivity index (χ2n) is 7.32. The number of nitrogens with zero attached hydrogens (tertiary/aromatic N) is 1. The third kappa shape index (κ3) is 4.09. The monoisotopic (exact) mass is 380 g/mol. The number of nitrogens with one attached hydrogen (secondary N) is 1. The molecule has 146 valence electrons. The molecule has 0 amide bonds. The van der Waals surface area contributed by atoms with Crippen molar-refractivity contribution in [1.82, 2.24) is 9.88 Å². The normalized spacial score (nSPS) is 15.0. The van der Waals surface area contributed by atoms with E-state index in [1.807, 2.05) is 30.3 Å². The number of aromatic amines is 1. The molecule has 2 heterocycles. The SMILES string of the molecule is O=c1[nH]c(-c2ccccc2)c(OCCCN2CCCCC2)c2cc(F)ccc12. The number of aromatic nitrogens is 1. The maximum Gasteiger partial charge on any atom is 0.256 e. The van der Waals surface area contributed by atoms with Gasteiger partial charge in [-0.25, -0.2) is 4.39 Å². The molecule has 3 aromatic rings. The minimum atomic E-state index is -0.379. The summed E-state index contributed by atoms with van der Waals surface area (Å²) < 4.78 is 20.1. The molecular weight excluding hydrogens is 355 g/mol. The number of benzene rings is 2. The molecule has 2 aromatic carbocycles. The quantitative estimate of drug-likeness (QED) is 0.636. The van der Waals surface area contributed by atoms with Gasteiger partial charge in [-0.15, -0.1) is 0 Å². The molecular formula is C23H25FN2O2. The molecule has 0 bridgehead atoms. The zero-order valence-electron chi connectivity index (χ0n) is 15.9. The molecule has 1 saturated heterocycles. The number of halogens is 1. The Balaban J connectivity index is 1.63. The van der Waals surface area contributed by atoms with Crippen LogP contribution in [0.3, 0.4) is 0 Å². The summed E-state index contributed by atoms with van der Waals surface area (Å²) in [4.78, 5) is 17.9. The fourth-order valence-corrected chi connectivity index (χ4v) is 3.88. The summed E-state index contributed by atoms with van der Waals surface area (Å²) in [5.41, 5.74) is 1.20. The van der Waals surface area contributed by atoms with Crippen molar-refractivity contribution in [3.05, 3.63) is 64.7 Å². The lowest BCUT2D eigenvalue weighted by atomic mass is 10.1. The Morgan fingerprint density at radius 1 is 1.00 bits per heavy atom. The van der Waals surface area contributed by atoms with Gasteiger partial charge >= 0.3 is 0 Å². The molecule has 0 saturated carbocycles. The average molecular weight is 380 g/mol. The van der Waals surface area contributed by atoms with Crippen LogP contribution in [0, 0.1) is 5.82 Å². The van der Waals surface area contributed by atoms with Gasteiger partial charge in [0.15, 0.2) is 5.75 Å². The molecule has 4 rings (SSSR count). The van der Waals surface area contributed by atoms with Gasteiger partial charge in [-0.05, 0) is 50.6 Å². The van der Waals surface area contributed by atoms with E-state index in [1.54, 1.807) is 0 Å². The highest BCUT2D eigenvalue weighted by Crippen LogP contribution is 2.34. The highest BCUT2D eigenvalue weighted by molar-refractivity contribution is 5.92. The van der Waals surface area contributed by atoms with Gasteiger partial charge in [0.05, 0.1) is 17.7 Å². The molecule has 1 aromatic heterocycles. The second-order valence-corrected chi connectivity index (χ2v) is 7.32. The van der Waals surface area contributed by atoms with Crippen molar-refractivity contribution >= 4 is 10.8 Å². The van der Waals surface area contributed by atoms with Crippen molar-refractivity contribution in [2.75, 3.05) is 26.2 Å². The first kappa shape index (κ1) is 18.7. The summed E-state index contributed by atoms with van der Waals surface area (Å²) in [6.07, 6.45) is 4.75. The smallest absolute Gasteiger partial charge is 0.256 e. The third-order valence-electron chi connectivity index (χ3n) is 5.31. The molecule has 5 heteroatoms. The Morgan fingerprint density at radius 3 is 2.57 bits per heavy atom. The fraction of sp³-hybridized carbons (Fsp3) is 0.348. The van der Waals surface area contributed by atoms with E-state index in [9.17, 15) is 9.18 Å². The van der Waals surface area contributed by atoms with Gasteiger partial charge in [0.1, 0.15) is 5.82 Å². The summed E-state index contributed by atoms with van der Waals surface area (Å²) >= 11 is 0. The topological polar surface area (TPSA) is 45.3 Å². The lowest BCUT2D eigenvalue weighted by Crippen LogP contribution is -2.31. The van der Waals surface area contributed by atoms with Crippen LogP contribution in [-0.2, 0) is 0 Å². The Bertz CT molecular complexity index is 995. The number of fused-ring (bicyclic) bond motifs is 1. The first-order valence-corrected chi connectivity index (χ1v) is 9.98. The predicted molar refractivity (Wildman–Crippen MR) is 110 cm³/mol. The lowest BCUT2D eigenvalue weighted by molar-refractivity contribution is 0.205. The van der Waals surface area contributed by atoms with E-state index in [0.717, 1.165) is 31.6 Å². The van der Waals surface area contributed by atoms with Crippen molar-refractivity contribution in [2.24, 2.45) is 0 Å². The molecule has 0 atom stereocenters. The number of ether oxygens (including phenoxy) is 1. The highest BCUT2D eigenvalue weighted by atomic mass is 19.1. The van der Waals surface area contributed by atoms with Gasteiger partial charge in [-0.3, -0.25) is 4.79 Å². The van der Waals surface area contributed by atoms with Crippen LogP contribution < -0.4 is 10.3 Å². The Kier molecular flexibility index (Phi) is 5.72. The molecule has 1 N–H and O–H groups in total. The van der Waals surface area contributed by atoms with Crippen LogP contribution in [0.15, 0.2) is 53.3 Å². The van der Waals surface area contributed by atoms with Crippen LogP contribution in [0.25, 0.3) is 22.0 Å². The molecule has 0 unspecified atom stereocenters. The molecule has 1 aliphatic rings. The molecule has 28 heavy (non-hydrogen) atoms. The average Bonchev–Trinajstić information content (AvgIpc) is 2.73. The molecule has 0 radical (unpaired) electrons. The van der Waals surface area contributed by atoms with Gasteiger partial charge < -0.3 is 14.6 Å². The molecule has 0 spiro atoms. The van der Waals surface area contributed by atoms with Crippen molar-refractivity contribution in [3.63, 3.8) is 0 Å². The Labute approximate surface area is 164 Å². The summed E-state index contributed by atoms with van der Waals surface area (Å²) in [6.45, 7) is 3.83. The van der Waals surface area contributed by atoms with Crippen molar-refractivity contribution in [2.45, 2.75) is 25.7 Å². The van der Waals surface area contributed by atoms with E-state index in [0.29, 0.717) is 28.8 Å². The first-order chi connectivity index (χ1) is 13.7. The summed E-state index contributed by atoms with van der Waals surface area (Å²) in [7, 11) is 0. The predicted octanol–water partition coefficient (Wildman–Crippen LogP) is 4.59. The van der Waals surface area contributed by atoms with Gasteiger partial charge in [-0.2, -0.15) is 0 Å². The lowest BCUT2D eigenvalue weighted by Gasteiger charge is -2.26. The van der Waals surface area contributed by atoms with E-state index < -0.39 is 0 Å². The van der Waals surface area contributed by atoms with Crippen molar-refractivity contribution in [1.29, 1.82) is 0 Å². The number of likely N-dealkylation sites (tertiary alicyclic amines) is 1. The fourth-order valence-electron chi connectivity index (χ4n) is 3.88. The summed E-state index contributed by atoms with van der Waals surface area (Å²) in [5, 5.41) is 0.952. The molecule has 4 nitrogen and oxygen atoms in total. The maximum absolute atomic E-state index is 13.9. The van der Waals surface area contributed by atoms with Crippen LogP contribution in [0.5, 0.6) is 5.75 Å². The van der Waals surface area contributed by atoms with Gasteiger partial charge in [0.25, 0.3) is 5.56 Å². The second kappa shape index (κ2) is 8.57. The number of piperidine rings is 1. The van der Waals surface area contributed by atoms with Crippen LogP contribution in [0.4, 0.5) is 4.39 Å². The molecule has 1 aliphatic heterocycles. The van der Waals surface area contributed by atoms with E-state index in [1.165, 1.54) is 37.5 Å². The van der Waals surface area contributed by atoms with Crippen LogP contribution in [-0.4, -0.2) is 36.1 Å². The number of hydrogen-bond acceptors (Lipinski definition) is 3.